The molecule has 3 nitrogen and oxygen atoms in total. The van der Waals surface area contributed by atoms with Gasteiger partial charge >= 0.3 is 0 Å². The number of benzene rings is 1. The highest BCUT2D eigenvalue weighted by Gasteiger charge is 2.21. The average Bonchev–Trinajstić information content (AvgIpc) is 2.30. The van der Waals surface area contributed by atoms with E-state index >= 15 is 0 Å². The van der Waals surface area contributed by atoms with E-state index in [1.54, 1.807) is 6.26 Å². The minimum absolute atomic E-state index is 0.121. The van der Waals surface area contributed by atoms with Gasteiger partial charge in [0.1, 0.15) is 0 Å². The van der Waals surface area contributed by atoms with Gasteiger partial charge in [-0.1, -0.05) is 23.4 Å². The highest BCUT2D eigenvalue weighted by Crippen LogP contribution is 2.29. The Bertz CT molecular complexity index is 498. The maximum absolute atomic E-state index is 13.4. The third-order valence-corrected chi connectivity index (χ3v) is 3.59. The molecule has 0 unspecified atom stereocenters. The van der Waals surface area contributed by atoms with Crippen molar-refractivity contribution in [1.82, 2.24) is 5.32 Å². The molecule has 8 heteroatoms. The first kappa shape index (κ1) is 14.4. The predicted octanol–water partition coefficient (Wildman–Crippen LogP) is 3.41. The van der Waals surface area contributed by atoms with Crippen LogP contribution < -0.4 is 5.32 Å². The molecule has 0 spiro atoms. The first-order valence-electron chi connectivity index (χ1n) is 4.15. The second-order valence-corrected chi connectivity index (χ2v) is 4.85. The van der Waals surface area contributed by atoms with Gasteiger partial charge in [0.05, 0.1) is 15.1 Å². The van der Waals surface area contributed by atoms with Crippen LogP contribution >= 0.6 is 39.3 Å². The number of carbonyl (C=O) groups excluding carboxylic acids is 1. The van der Waals surface area contributed by atoms with Crippen molar-refractivity contribution in [2.75, 3.05) is 6.26 Å². The monoisotopic (exact) mass is 342 g/mol. The van der Waals surface area contributed by atoms with E-state index in [0.717, 1.165) is 17.8 Å². The Morgan fingerprint density at radius 2 is 2.12 bits per heavy atom. The molecule has 1 amide bonds. The molecule has 17 heavy (non-hydrogen) atoms. The van der Waals surface area contributed by atoms with Crippen LogP contribution in [0.15, 0.2) is 10.5 Å². The molecule has 1 aromatic rings. The fraction of sp³-hybridized carbons (Fsp3) is 0.111. The number of hydrogen-bond acceptors (Lipinski definition) is 3. The molecule has 0 aliphatic carbocycles. The third-order valence-electron chi connectivity index (χ3n) is 1.78. The number of rotatable bonds is 1. The molecule has 0 fully saturated rings. The maximum Gasteiger partial charge on any atom is 0.260 e. The first-order valence-corrected chi connectivity index (χ1v) is 6.55. The summed E-state index contributed by atoms with van der Waals surface area (Å²) in [6.45, 7) is 0. The van der Waals surface area contributed by atoms with Crippen LogP contribution in [0.2, 0.25) is 5.02 Å². The highest BCUT2D eigenvalue weighted by atomic mass is 79.9. The van der Waals surface area contributed by atoms with Gasteiger partial charge in [0.15, 0.2) is 16.8 Å². The van der Waals surface area contributed by atoms with Crippen molar-refractivity contribution >= 4 is 50.4 Å². The van der Waals surface area contributed by atoms with E-state index in [9.17, 15) is 13.6 Å². The van der Waals surface area contributed by atoms with Crippen molar-refractivity contribution < 1.29 is 13.6 Å². The van der Waals surface area contributed by atoms with Gasteiger partial charge in [0.25, 0.3) is 5.91 Å². The minimum Gasteiger partial charge on any atom is -0.301 e. The van der Waals surface area contributed by atoms with Crippen molar-refractivity contribution in [2.45, 2.75) is 0 Å². The molecule has 2 N–H and O–H groups in total. The lowest BCUT2D eigenvalue weighted by atomic mass is 10.2. The molecule has 0 radical (unpaired) electrons. The lowest BCUT2D eigenvalue weighted by molar-refractivity contribution is 0.0973. The molecular formula is C9H6BrClF2N2OS. The molecule has 1 aromatic carbocycles. The van der Waals surface area contributed by atoms with Gasteiger partial charge < -0.3 is 5.32 Å². The van der Waals surface area contributed by atoms with Crippen molar-refractivity contribution in [2.24, 2.45) is 0 Å². The smallest absolute Gasteiger partial charge is 0.260 e. The van der Waals surface area contributed by atoms with Crippen LogP contribution in [0.4, 0.5) is 8.78 Å². The molecule has 0 saturated heterocycles. The van der Waals surface area contributed by atoms with Crippen LogP contribution in [0.25, 0.3) is 0 Å². The Balaban J connectivity index is 3.15. The van der Waals surface area contributed by atoms with Crippen molar-refractivity contribution in [3.63, 3.8) is 0 Å². The Morgan fingerprint density at radius 3 is 2.65 bits per heavy atom. The van der Waals surface area contributed by atoms with Crippen LogP contribution in [-0.2, 0) is 0 Å². The van der Waals surface area contributed by atoms with Crippen molar-refractivity contribution in [3.8, 4) is 0 Å². The minimum atomic E-state index is -1.31. The largest absolute Gasteiger partial charge is 0.301 e. The number of halogens is 4. The second-order valence-electron chi connectivity index (χ2n) is 2.84. The van der Waals surface area contributed by atoms with E-state index in [0.29, 0.717) is 0 Å². The van der Waals surface area contributed by atoms with Crippen molar-refractivity contribution in [1.29, 1.82) is 5.41 Å². The summed E-state index contributed by atoms with van der Waals surface area (Å²) in [6, 6.07) is 0.993. The number of nitrogens with one attached hydrogen (secondary N) is 2. The van der Waals surface area contributed by atoms with E-state index < -0.39 is 23.1 Å². The summed E-state index contributed by atoms with van der Waals surface area (Å²) in [7, 11) is 0. The Hall–Kier alpha value is -0.660. The molecule has 92 valence electrons. The van der Waals surface area contributed by atoms with Gasteiger partial charge in [-0.2, -0.15) is 0 Å². The van der Waals surface area contributed by atoms with Gasteiger partial charge in [0, 0.05) is 0 Å². The molecule has 0 aliphatic rings. The molecular weight excluding hydrogens is 338 g/mol. The van der Waals surface area contributed by atoms with E-state index in [-0.39, 0.29) is 14.7 Å². The van der Waals surface area contributed by atoms with Gasteiger partial charge in [-0.25, -0.2) is 8.78 Å². The molecule has 0 saturated carbocycles. The fourth-order valence-corrected chi connectivity index (χ4v) is 1.63. The van der Waals surface area contributed by atoms with E-state index in [1.165, 1.54) is 0 Å². The van der Waals surface area contributed by atoms with Gasteiger partial charge in [-0.15, -0.1) is 0 Å². The number of thioether (sulfide) groups is 1. The SMILES string of the molecule is CSC(=N)NC(=O)c1cc(Cl)c(Br)c(F)c1F. The normalized spacial score (nSPS) is 10.2. The molecule has 0 bridgehead atoms. The Labute approximate surface area is 114 Å². The molecule has 1 rings (SSSR count). The summed E-state index contributed by atoms with van der Waals surface area (Å²) >= 11 is 9.32. The third kappa shape index (κ3) is 3.17. The highest BCUT2D eigenvalue weighted by molar-refractivity contribution is 9.10. The summed E-state index contributed by atoms with van der Waals surface area (Å²) < 4.78 is 26.5. The lowest BCUT2D eigenvalue weighted by Crippen LogP contribution is -2.28. The molecule has 0 aromatic heterocycles. The van der Waals surface area contributed by atoms with Crippen LogP contribution in [0.3, 0.4) is 0 Å². The number of amidine groups is 1. The molecule has 0 aliphatic heterocycles. The summed E-state index contributed by atoms with van der Waals surface area (Å²) in [5, 5.41) is 9.00. The standard InChI is InChI=1S/C9H6BrClF2N2OS/c1-17-9(14)15-8(16)3-2-4(11)5(10)7(13)6(3)12/h2H,1H3,(H2,14,15,16). The van der Waals surface area contributed by atoms with Crippen molar-refractivity contribution in [3.05, 3.63) is 32.8 Å². The van der Waals surface area contributed by atoms with Gasteiger partial charge in [-0.3, -0.25) is 10.2 Å². The summed E-state index contributed by atoms with van der Waals surface area (Å²) in [4.78, 5) is 11.5. The average molecular weight is 344 g/mol. The zero-order chi connectivity index (χ0) is 13.2. The van der Waals surface area contributed by atoms with E-state index in [1.807, 2.05) is 0 Å². The topological polar surface area (TPSA) is 53.0 Å². The second kappa shape index (κ2) is 5.79. The van der Waals surface area contributed by atoms with E-state index in [2.05, 4.69) is 21.2 Å². The number of amides is 1. The zero-order valence-electron chi connectivity index (χ0n) is 8.41. The van der Waals surface area contributed by atoms with Gasteiger partial charge in [-0.05, 0) is 28.3 Å². The summed E-state index contributed by atoms with van der Waals surface area (Å²) in [5.74, 6) is -3.47. The number of hydrogen-bond donors (Lipinski definition) is 2. The van der Waals surface area contributed by atoms with Crippen LogP contribution in [0.1, 0.15) is 10.4 Å². The van der Waals surface area contributed by atoms with Crippen LogP contribution in [0.5, 0.6) is 0 Å². The Kier molecular flexibility index (Phi) is 4.91. The lowest BCUT2D eigenvalue weighted by Gasteiger charge is -2.07. The van der Waals surface area contributed by atoms with Crippen LogP contribution in [-0.4, -0.2) is 17.3 Å². The zero-order valence-corrected chi connectivity index (χ0v) is 11.6. The van der Waals surface area contributed by atoms with Crippen LogP contribution in [0, 0.1) is 17.0 Å². The van der Waals surface area contributed by atoms with E-state index in [4.69, 9.17) is 17.0 Å². The fourth-order valence-electron chi connectivity index (χ4n) is 0.960. The summed E-state index contributed by atoms with van der Waals surface area (Å²) in [6.07, 6.45) is 1.56. The quantitative estimate of drug-likeness (QED) is 0.355. The Morgan fingerprint density at radius 1 is 1.53 bits per heavy atom. The van der Waals surface area contributed by atoms with Gasteiger partial charge in [0.2, 0.25) is 0 Å². The first-order chi connectivity index (χ1) is 7.88. The molecule has 0 atom stereocenters. The number of carbonyl (C=O) groups is 1. The maximum atomic E-state index is 13.4. The molecule has 0 heterocycles. The predicted molar refractivity (Wildman–Crippen MR) is 67.8 cm³/mol. The summed E-state index contributed by atoms with van der Waals surface area (Å²) in [5.41, 5.74) is -0.547.